The van der Waals surface area contributed by atoms with Crippen molar-refractivity contribution in [3.05, 3.63) is 70.8 Å². The lowest BCUT2D eigenvalue weighted by atomic mass is 9.91. The fourth-order valence-corrected chi connectivity index (χ4v) is 2.90. The number of hydrogen-bond acceptors (Lipinski definition) is 0. The maximum atomic E-state index is 2.31. The number of rotatable bonds is 8. The molecule has 0 aliphatic rings. The first-order valence-corrected chi connectivity index (χ1v) is 8.92. The standard InChI is InChI=1S/C22H30/c1-4-6-8-19-10-14-21(15-11-19)18(3)22-16-12-20(13-17-22)9-7-5-2/h10-18H,4-9H2,1-3H3. The van der Waals surface area contributed by atoms with Crippen molar-refractivity contribution < 1.29 is 0 Å². The van der Waals surface area contributed by atoms with Gasteiger partial charge < -0.3 is 0 Å². The van der Waals surface area contributed by atoms with Gasteiger partial charge in [0.2, 0.25) is 0 Å². The molecule has 0 aliphatic heterocycles. The average Bonchev–Trinajstić information content (AvgIpc) is 2.58. The first-order valence-electron chi connectivity index (χ1n) is 8.92. The van der Waals surface area contributed by atoms with Gasteiger partial charge in [-0.3, -0.25) is 0 Å². The summed E-state index contributed by atoms with van der Waals surface area (Å²) < 4.78 is 0. The highest BCUT2D eigenvalue weighted by molar-refractivity contribution is 5.35. The van der Waals surface area contributed by atoms with Crippen LogP contribution in [0.4, 0.5) is 0 Å². The molecular formula is C22H30. The van der Waals surface area contributed by atoms with Gasteiger partial charge in [0.25, 0.3) is 0 Å². The molecule has 0 amide bonds. The van der Waals surface area contributed by atoms with E-state index < -0.39 is 0 Å². The molecule has 2 rings (SSSR count). The molecule has 0 aromatic heterocycles. The molecule has 0 spiro atoms. The maximum absolute atomic E-state index is 2.31. The summed E-state index contributed by atoms with van der Waals surface area (Å²) in [6, 6.07) is 18.4. The topological polar surface area (TPSA) is 0 Å². The molecule has 0 nitrogen and oxygen atoms in total. The predicted octanol–water partition coefficient (Wildman–Crippen LogP) is 6.52. The summed E-state index contributed by atoms with van der Waals surface area (Å²) in [5.74, 6) is 0.473. The third-order valence-corrected chi connectivity index (χ3v) is 4.60. The van der Waals surface area contributed by atoms with Gasteiger partial charge in [-0.15, -0.1) is 0 Å². The van der Waals surface area contributed by atoms with Crippen LogP contribution in [0, 0.1) is 0 Å². The van der Waals surface area contributed by atoms with Crippen molar-refractivity contribution in [1.29, 1.82) is 0 Å². The van der Waals surface area contributed by atoms with Crippen molar-refractivity contribution in [3.8, 4) is 0 Å². The van der Waals surface area contributed by atoms with Gasteiger partial charge in [-0.2, -0.15) is 0 Å². The minimum Gasteiger partial charge on any atom is -0.0654 e. The Morgan fingerprint density at radius 2 is 1.00 bits per heavy atom. The minimum absolute atomic E-state index is 0.473. The Kier molecular flexibility index (Phi) is 6.71. The fraction of sp³-hybridized carbons (Fsp3) is 0.455. The highest BCUT2D eigenvalue weighted by Crippen LogP contribution is 2.25. The van der Waals surface area contributed by atoms with Crippen LogP contribution in [0.3, 0.4) is 0 Å². The van der Waals surface area contributed by atoms with Crippen LogP contribution in [-0.4, -0.2) is 0 Å². The third-order valence-electron chi connectivity index (χ3n) is 4.60. The molecule has 0 heterocycles. The first-order chi connectivity index (χ1) is 10.7. The molecule has 0 atom stereocenters. The van der Waals surface area contributed by atoms with E-state index in [0.717, 1.165) is 0 Å². The van der Waals surface area contributed by atoms with Crippen molar-refractivity contribution in [3.63, 3.8) is 0 Å². The van der Waals surface area contributed by atoms with Crippen LogP contribution in [0.1, 0.15) is 74.6 Å². The van der Waals surface area contributed by atoms with Crippen molar-refractivity contribution in [1.82, 2.24) is 0 Å². The monoisotopic (exact) mass is 294 g/mol. The first kappa shape index (κ1) is 16.8. The van der Waals surface area contributed by atoms with Gasteiger partial charge in [0, 0.05) is 5.92 Å². The Balaban J connectivity index is 2.02. The van der Waals surface area contributed by atoms with Gasteiger partial charge in [0.15, 0.2) is 0 Å². The molecule has 118 valence electrons. The summed E-state index contributed by atoms with van der Waals surface area (Å²) in [5.41, 5.74) is 5.77. The van der Waals surface area contributed by atoms with E-state index in [1.807, 2.05) is 0 Å². The zero-order valence-electron chi connectivity index (χ0n) is 14.4. The molecule has 0 fully saturated rings. The van der Waals surface area contributed by atoms with Gasteiger partial charge in [-0.1, -0.05) is 82.1 Å². The highest BCUT2D eigenvalue weighted by Gasteiger charge is 2.08. The van der Waals surface area contributed by atoms with Crippen LogP contribution in [-0.2, 0) is 12.8 Å². The second-order valence-corrected chi connectivity index (χ2v) is 6.41. The Bertz CT molecular complexity index is 482. The largest absolute Gasteiger partial charge is 0.0654 e. The van der Waals surface area contributed by atoms with Crippen LogP contribution in [0.15, 0.2) is 48.5 Å². The molecule has 0 bridgehead atoms. The molecule has 0 saturated heterocycles. The minimum atomic E-state index is 0.473. The van der Waals surface area contributed by atoms with E-state index in [2.05, 4.69) is 69.3 Å². The number of aryl methyl sites for hydroxylation is 2. The van der Waals surface area contributed by atoms with E-state index in [9.17, 15) is 0 Å². The van der Waals surface area contributed by atoms with Crippen LogP contribution in [0.25, 0.3) is 0 Å². The van der Waals surface area contributed by atoms with Crippen LogP contribution in [0.2, 0.25) is 0 Å². The fourth-order valence-electron chi connectivity index (χ4n) is 2.90. The van der Waals surface area contributed by atoms with Gasteiger partial charge in [0.1, 0.15) is 0 Å². The summed E-state index contributed by atoms with van der Waals surface area (Å²) in [4.78, 5) is 0. The summed E-state index contributed by atoms with van der Waals surface area (Å²) in [7, 11) is 0. The van der Waals surface area contributed by atoms with Crippen molar-refractivity contribution >= 4 is 0 Å². The number of hydrogen-bond donors (Lipinski definition) is 0. The Hall–Kier alpha value is -1.56. The molecule has 0 N–H and O–H groups in total. The molecule has 0 heteroatoms. The number of unbranched alkanes of at least 4 members (excludes halogenated alkanes) is 2. The van der Waals surface area contributed by atoms with Crippen LogP contribution in [0.5, 0.6) is 0 Å². The van der Waals surface area contributed by atoms with Crippen LogP contribution >= 0.6 is 0 Å². The Morgan fingerprint density at radius 3 is 1.32 bits per heavy atom. The zero-order valence-corrected chi connectivity index (χ0v) is 14.4. The van der Waals surface area contributed by atoms with E-state index >= 15 is 0 Å². The second kappa shape index (κ2) is 8.78. The molecular weight excluding hydrogens is 264 g/mol. The molecule has 2 aromatic rings. The molecule has 0 radical (unpaired) electrons. The lowest BCUT2D eigenvalue weighted by Crippen LogP contribution is -1.97. The van der Waals surface area contributed by atoms with Gasteiger partial charge in [-0.05, 0) is 47.9 Å². The zero-order chi connectivity index (χ0) is 15.8. The SMILES string of the molecule is CCCCc1ccc(C(C)c2ccc(CCCC)cc2)cc1. The van der Waals surface area contributed by atoms with E-state index in [1.165, 1.54) is 60.8 Å². The van der Waals surface area contributed by atoms with Gasteiger partial charge in [-0.25, -0.2) is 0 Å². The smallest absolute Gasteiger partial charge is 0.00610 e. The highest BCUT2D eigenvalue weighted by atomic mass is 14.1. The van der Waals surface area contributed by atoms with Crippen molar-refractivity contribution in [2.45, 2.75) is 65.2 Å². The van der Waals surface area contributed by atoms with Gasteiger partial charge >= 0.3 is 0 Å². The third kappa shape index (κ3) is 4.73. The van der Waals surface area contributed by atoms with E-state index in [0.29, 0.717) is 5.92 Å². The second-order valence-electron chi connectivity index (χ2n) is 6.41. The molecule has 0 unspecified atom stereocenters. The average molecular weight is 294 g/mol. The van der Waals surface area contributed by atoms with Crippen LogP contribution < -0.4 is 0 Å². The van der Waals surface area contributed by atoms with Gasteiger partial charge in [0.05, 0.1) is 0 Å². The summed E-state index contributed by atoms with van der Waals surface area (Å²) in [6.07, 6.45) is 7.52. The molecule has 0 aliphatic carbocycles. The predicted molar refractivity (Wildman–Crippen MR) is 97.6 cm³/mol. The van der Waals surface area contributed by atoms with Crippen molar-refractivity contribution in [2.24, 2.45) is 0 Å². The van der Waals surface area contributed by atoms with E-state index in [1.54, 1.807) is 0 Å². The molecule has 0 saturated carbocycles. The number of benzene rings is 2. The normalized spacial score (nSPS) is 11.1. The lowest BCUT2D eigenvalue weighted by molar-refractivity contribution is 0.792. The van der Waals surface area contributed by atoms with E-state index in [4.69, 9.17) is 0 Å². The molecule has 22 heavy (non-hydrogen) atoms. The van der Waals surface area contributed by atoms with E-state index in [-0.39, 0.29) is 0 Å². The molecule has 2 aromatic carbocycles. The summed E-state index contributed by atoms with van der Waals surface area (Å²) in [5, 5.41) is 0. The summed E-state index contributed by atoms with van der Waals surface area (Å²) in [6.45, 7) is 6.81. The quantitative estimate of drug-likeness (QED) is 0.519. The Labute approximate surface area is 136 Å². The van der Waals surface area contributed by atoms with Crippen molar-refractivity contribution in [2.75, 3.05) is 0 Å². The Morgan fingerprint density at radius 1 is 0.636 bits per heavy atom. The summed E-state index contributed by atoms with van der Waals surface area (Å²) >= 11 is 0. The lowest BCUT2D eigenvalue weighted by Gasteiger charge is -2.14. The maximum Gasteiger partial charge on any atom is 0.00610 e.